The molecule has 2 aliphatic rings. The van der Waals surface area contributed by atoms with Crippen LogP contribution in [0.3, 0.4) is 0 Å². The van der Waals surface area contributed by atoms with Gasteiger partial charge in [-0.1, -0.05) is 13.8 Å². The van der Waals surface area contributed by atoms with Crippen molar-refractivity contribution in [1.29, 1.82) is 0 Å². The van der Waals surface area contributed by atoms with E-state index in [1.165, 1.54) is 29.6 Å². The number of ether oxygens (including phenoxy) is 1. The monoisotopic (exact) mass is 286 g/mol. The van der Waals surface area contributed by atoms with Crippen LogP contribution in [-0.4, -0.2) is 21.1 Å². The van der Waals surface area contributed by atoms with E-state index in [2.05, 4.69) is 23.4 Å². The van der Waals surface area contributed by atoms with Crippen LogP contribution < -0.4 is 5.73 Å². The Bertz CT molecular complexity index is 704. The number of nitrogens with zero attached hydrogens (tertiary/aromatic N) is 3. The topological polar surface area (TPSA) is 66.0 Å². The maximum absolute atomic E-state index is 6.19. The number of nitrogens with two attached hydrogens (primary N) is 1. The molecule has 2 aromatic rings. The summed E-state index contributed by atoms with van der Waals surface area (Å²) >= 11 is 0. The standard InChI is InChI=1S/C16H22N4O/c1-9(2)12-7-21-8-13-19-14-15(20(12)13)10-5-3-4-6-11(10)18-16(14)17/h9,12H,3-8H2,1-2H3,(H2,17,18)/t12-/m1/s1. The largest absolute Gasteiger partial charge is 0.382 e. The minimum Gasteiger partial charge on any atom is -0.382 e. The molecule has 0 saturated carbocycles. The Morgan fingerprint density at radius 2 is 2.05 bits per heavy atom. The first-order valence-electron chi connectivity index (χ1n) is 7.92. The molecule has 0 saturated heterocycles. The zero-order valence-electron chi connectivity index (χ0n) is 12.7. The van der Waals surface area contributed by atoms with Crippen LogP contribution >= 0.6 is 0 Å². The number of aryl methyl sites for hydroxylation is 2. The third-order valence-corrected chi connectivity index (χ3v) is 4.83. The maximum Gasteiger partial charge on any atom is 0.151 e. The molecule has 0 unspecified atom stereocenters. The molecule has 1 aliphatic carbocycles. The minimum atomic E-state index is 0.339. The van der Waals surface area contributed by atoms with Crippen LogP contribution in [0.2, 0.25) is 0 Å². The van der Waals surface area contributed by atoms with Crippen LogP contribution in [0.25, 0.3) is 11.0 Å². The number of imidazole rings is 1. The summed E-state index contributed by atoms with van der Waals surface area (Å²) in [6.45, 7) is 5.82. The molecule has 0 radical (unpaired) electrons. The highest BCUT2D eigenvalue weighted by molar-refractivity contribution is 5.89. The normalized spacial score (nSPS) is 21.6. The van der Waals surface area contributed by atoms with Crippen molar-refractivity contribution in [2.24, 2.45) is 5.92 Å². The van der Waals surface area contributed by atoms with Gasteiger partial charge in [0.2, 0.25) is 0 Å². The lowest BCUT2D eigenvalue weighted by Crippen LogP contribution is -2.28. The van der Waals surface area contributed by atoms with Crippen molar-refractivity contribution in [3.63, 3.8) is 0 Å². The smallest absolute Gasteiger partial charge is 0.151 e. The number of anilines is 1. The van der Waals surface area contributed by atoms with Gasteiger partial charge in [0, 0.05) is 5.69 Å². The number of hydrogen-bond donors (Lipinski definition) is 1. The molecule has 1 aliphatic heterocycles. The van der Waals surface area contributed by atoms with E-state index in [4.69, 9.17) is 15.5 Å². The van der Waals surface area contributed by atoms with E-state index < -0.39 is 0 Å². The predicted octanol–water partition coefficient (Wildman–Crippen LogP) is 2.62. The second-order valence-corrected chi connectivity index (χ2v) is 6.55. The molecule has 4 rings (SSSR count). The lowest BCUT2D eigenvalue weighted by atomic mass is 9.94. The van der Waals surface area contributed by atoms with Crippen LogP contribution in [0.4, 0.5) is 5.82 Å². The first-order chi connectivity index (χ1) is 10.2. The third kappa shape index (κ3) is 1.87. The fraction of sp³-hybridized carbons (Fsp3) is 0.625. The molecule has 0 spiro atoms. The molecule has 2 N–H and O–H groups in total. The number of aromatic nitrogens is 3. The van der Waals surface area contributed by atoms with E-state index in [1.54, 1.807) is 0 Å². The lowest BCUT2D eigenvalue weighted by molar-refractivity contribution is 0.0416. The third-order valence-electron chi connectivity index (χ3n) is 4.83. The predicted molar refractivity (Wildman–Crippen MR) is 82.1 cm³/mol. The number of nitrogen functional groups attached to an aromatic ring is 1. The summed E-state index contributed by atoms with van der Waals surface area (Å²) in [6, 6.07) is 0.339. The van der Waals surface area contributed by atoms with Crippen molar-refractivity contribution in [2.45, 2.75) is 52.2 Å². The van der Waals surface area contributed by atoms with Gasteiger partial charge in [-0.15, -0.1) is 0 Å². The summed E-state index contributed by atoms with van der Waals surface area (Å²) in [6.07, 6.45) is 4.58. The van der Waals surface area contributed by atoms with E-state index in [-0.39, 0.29) is 0 Å². The first kappa shape index (κ1) is 13.1. The molecule has 3 heterocycles. The summed E-state index contributed by atoms with van der Waals surface area (Å²) in [5, 5.41) is 0. The lowest BCUT2D eigenvalue weighted by Gasteiger charge is -2.30. The van der Waals surface area contributed by atoms with Gasteiger partial charge < -0.3 is 15.0 Å². The summed E-state index contributed by atoms with van der Waals surface area (Å²) in [4.78, 5) is 9.36. The van der Waals surface area contributed by atoms with E-state index in [9.17, 15) is 0 Å². The van der Waals surface area contributed by atoms with Gasteiger partial charge in [-0.2, -0.15) is 0 Å². The number of fused-ring (bicyclic) bond motifs is 5. The van der Waals surface area contributed by atoms with Crippen molar-refractivity contribution < 1.29 is 4.74 Å². The van der Waals surface area contributed by atoms with Crippen molar-refractivity contribution in [2.75, 3.05) is 12.3 Å². The average molecular weight is 286 g/mol. The Morgan fingerprint density at radius 3 is 2.86 bits per heavy atom. The Morgan fingerprint density at radius 1 is 1.24 bits per heavy atom. The molecule has 0 amide bonds. The Balaban J connectivity index is 2.05. The van der Waals surface area contributed by atoms with Gasteiger partial charge in [-0.3, -0.25) is 0 Å². The highest BCUT2D eigenvalue weighted by atomic mass is 16.5. The van der Waals surface area contributed by atoms with Gasteiger partial charge in [0.25, 0.3) is 0 Å². The molecular weight excluding hydrogens is 264 g/mol. The van der Waals surface area contributed by atoms with Crippen molar-refractivity contribution in [3.05, 3.63) is 17.1 Å². The number of hydrogen-bond acceptors (Lipinski definition) is 4. The van der Waals surface area contributed by atoms with Crippen LogP contribution in [0.1, 0.15) is 49.8 Å². The maximum atomic E-state index is 6.19. The summed E-state index contributed by atoms with van der Waals surface area (Å²) in [7, 11) is 0. The first-order valence-corrected chi connectivity index (χ1v) is 7.92. The molecule has 0 aromatic carbocycles. The fourth-order valence-corrected chi connectivity index (χ4v) is 3.71. The molecule has 0 fully saturated rings. The van der Waals surface area contributed by atoms with Crippen LogP contribution in [0.15, 0.2) is 0 Å². The van der Waals surface area contributed by atoms with Gasteiger partial charge in [0.05, 0.1) is 18.2 Å². The average Bonchev–Trinajstić information content (AvgIpc) is 2.87. The van der Waals surface area contributed by atoms with Crippen LogP contribution in [0, 0.1) is 5.92 Å². The van der Waals surface area contributed by atoms with Gasteiger partial charge in [0.15, 0.2) is 5.82 Å². The van der Waals surface area contributed by atoms with E-state index in [1.807, 2.05) is 0 Å². The number of rotatable bonds is 1. The fourth-order valence-electron chi connectivity index (χ4n) is 3.71. The molecular formula is C16H22N4O. The van der Waals surface area contributed by atoms with Gasteiger partial charge >= 0.3 is 0 Å². The quantitative estimate of drug-likeness (QED) is 0.875. The highest BCUT2D eigenvalue weighted by Crippen LogP contribution is 2.36. The second-order valence-electron chi connectivity index (χ2n) is 6.55. The molecule has 0 bridgehead atoms. The molecule has 1 atom stereocenters. The Kier molecular flexibility index (Phi) is 2.92. The molecule has 5 nitrogen and oxygen atoms in total. The van der Waals surface area contributed by atoms with E-state index in [0.717, 1.165) is 30.8 Å². The van der Waals surface area contributed by atoms with Crippen molar-refractivity contribution in [3.8, 4) is 0 Å². The highest BCUT2D eigenvalue weighted by Gasteiger charge is 2.30. The van der Waals surface area contributed by atoms with Crippen molar-refractivity contribution >= 4 is 16.9 Å². The zero-order chi connectivity index (χ0) is 14.6. The van der Waals surface area contributed by atoms with E-state index >= 15 is 0 Å². The molecule has 5 heteroatoms. The summed E-state index contributed by atoms with van der Waals surface area (Å²) in [5.41, 5.74) is 10.8. The van der Waals surface area contributed by atoms with Gasteiger partial charge in [-0.05, 0) is 37.2 Å². The minimum absolute atomic E-state index is 0.339. The van der Waals surface area contributed by atoms with Crippen LogP contribution in [-0.2, 0) is 24.2 Å². The summed E-state index contributed by atoms with van der Waals surface area (Å²) < 4.78 is 8.13. The van der Waals surface area contributed by atoms with Crippen molar-refractivity contribution in [1.82, 2.24) is 14.5 Å². The SMILES string of the molecule is CC(C)[C@H]1COCc2nc3c(N)nc4c(c3n21)CCCC4. The van der Waals surface area contributed by atoms with Crippen LogP contribution in [0.5, 0.6) is 0 Å². The number of pyridine rings is 1. The Labute approximate surface area is 124 Å². The van der Waals surface area contributed by atoms with Gasteiger partial charge in [-0.25, -0.2) is 9.97 Å². The van der Waals surface area contributed by atoms with Gasteiger partial charge in [0.1, 0.15) is 17.9 Å². The second kappa shape index (κ2) is 4.70. The summed E-state index contributed by atoms with van der Waals surface area (Å²) in [5.74, 6) is 2.09. The zero-order valence-corrected chi connectivity index (χ0v) is 12.7. The molecule has 112 valence electrons. The molecule has 2 aromatic heterocycles. The molecule has 21 heavy (non-hydrogen) atoms. The van der Waals surface area contributed by atoms with E-state index in [0.29, 0.717) is 24.4 Å². The Hall–Kier alpha value is -1.62.